The fraction of sp³-hybridized carbons (Fsp3) is 0.333. The van der Waals surface area contributed by atoms with Gasteiger partial charge in [0.25, 0.3) is 0 Å². The molecule has 5 heteroatoms. The minimum atomic E-state index is -1.24. The molecule has 0 bridgehead atoms. The molecule has 0 amide bonds. The normalized spacial score (nSPS) is 23.7. The summed E-state index contributed by atoms with van der Waals surface area (Å²) in [7, 11) is 0. The van der Waals surface area contributed by atoms with Crippen molar-refractivity contribution in [3.8, 4) is 0 Å². The summed E-state index contributed by atoms with van der Waals surface area (Å²) in [4.78, 5) is 25.4. The van der Waals surface area contributed by atoms with Gasteiger partial charge in [-0.05, 0) is 48.9 Å². The molecule has 2 aromatic rings. The van der Waals surface area contributed by atoms with Gasteiger partial charge in [0.2, 0.25) is 0 Å². The summed E-state index contributed by atoms with van der Waals surface area (Å²) in [5.74, 6) is -1.16. The van der Waals surface area contributed by atoms with E-state index in [4.69, 9.17) is 0 Å². The van der Waals surface area contributed by atoms with Crippen LogP contribution in [-0.2, 0) is 27.2 Å². The van der Waals surface area contributed by atoms with Gasteiger partial charge < -0.3 is 10.2 Å². The Hall–Kier alpha value is -2.53. The van der Waals surface area contributed by atoms with E-state index >= 15 is 0 Å². The first-order chi connectivity index (χ1) is 13.8. The van der Waals surface area contributed by atoms with Crippen LogP contribution in [0.2, 0.25) is 0 Å². The van der Waals surface area contributed by atoms with Crippen LogP contribution in [0.5, 0.6) is 0 Å². The Morgan fingerprint density at radius 3 is 2.38 bits per heavy atom. The molecule has 0 aliphatic heterocycles. The van der Waals surface area contributed by atoms with Gasteiger partial charge in [-0.25, -0.2) is 0 Å². The lowest BCUT2D eigenvalue weighted by Gasteiger charge is -2.39. The third kappa shape index (κ3) is 4.10. The van der Waals surface area contributed by atoms with E-state index in [0.717, 1.165) is 21.8 Å². The molecular formula is C24H26O4S. The quantitative estimate of drug-likeness (QED) is 0.478. The van der Waals surface area contributed by atoms with Gasteiger partial charge in [-0.15, -0.1) is 11.8 Å². The molecule has 0 aromatic heterocycles. The van der Waals surface area contributed by atoms with Gasteiger partial charge in [-0.1, -0.05) is 61.5 Å². The number of carboxylic acids is 2. The maximum Gasteiger partial charge on any atom is 0.314 e. The first kappa shape index (κ1) is 21.2. The second-order valence-corrected chi connectivity index (χ2v) is 8.82. The highest BCUT2D eigenvalue weighted by molar-refractivity contribution is 7.98. The van der Waals surface area contributed by atoms with E-state index in [0.29, 0.717) is 12.8 Å². The third-order valence-corrected chi connectivity index (χ3v) is 6.93. The van der Waals surface area contributed by atoms with E-state index in [1.807, 2.05) is 43.3 Å². The zero-order valence-corrected chi connectivity index (χ0v) is 17.5. The summed E-state index contributed by atoms with van der Waals surface area (Å²) in [6, 6.07) is 15.9. The summed E-state index contributed by atoms with van der Waals surface area (Å²) >= 11 is 1.69. The molecule has 2 aromatic carbocycles. The third-order valence-electron chi connectivity index (χ3n) is 5.76. The van der Waals surface area contributed by atoms with Crippen molar-refractivity contribution in [2.24, 2.45) is 5.41 Å². The fourth-order valence-corrected chi connectivity index (χ4v) is 5.28. The molecule has 0 fully saturated rings. The highest BCUT2D eigenvalue weighted by Crippen LogP contribution is 2.47. The number of rotatable bonds is 7. The van der Waals surface area contributed by atoms with E-state index in [2.05, 4.69) is 12.1 Å². The van der Waals surface area contributed by atoms with E-state index in [9.17, 15) is 19.8 Å². The highest BCUT2D eigenvalue weighted by Gasteiger charge is 2.50. The Labute approximate surface area is 175 Å². The van der Waals surface area contributed by atoms with Gasteiger partial charge in [0.15, 0.2) is 0 Å². The molecule has 2 N–H and O–H groups in total. The maximum absolute atomic E-state index is 12.5. The number of hydrogen-bond donors (Lipinski definition) is 2. The number of carbonyl (C=O) groups is 2. The number of thioether (sulfide) groups is 1. The number of benzene rings is 2. The van der Waals surface area contributed by atoms with E-state index in [1.165, 1.54) is 5.56 Å². The second-order valence-electron chi connectivity index (χ2n) is 7.80. The van der Waals surface area contributed by atoms with Gasteiger partial charge in [-0.3, -0.25) is 9.59 Å². The molecule has 1 aliphatic carbocycles. The van der Waals surface area contributed by atoms with E-state index in [1.54, 1.807) is 30.8 Å². The van der Waals surface area contributed by atoms with Crippen LogP contribution >= 0.6 is 11.8 Å². The van der Waals surface area contributed by atoms with Crippen LogP contribution in [0.25, 0.3) is 0 Å². The molecule has 152 valence electrons. The summed E-state index contributed by atoms with van der Waals surface area (Å²) in [6.07, 6.45) is 4.38. The van der Waals surface area contributed by atoms with Crippen molar-refractivity contribution in [3.05, 3.63) is 77.4 Å². The predicted octanol–water partition coefficient (Wildman–Crippen LogP) is 5.30. The zero-order valence-electron chi connectivity index (χ0n) is 16.7. The SMILES string of the molecule is CCc1c(SCc2ccccc2)cccc1C1(C(=O)O)CC=CC(C)(C(=O)O)C1. The highest BCUT2D eigenvalue weighted by atomic mass is 32.2. The molecule has 3 rings (SSSR count). The van der Waals surface area contributed by atoms with Crippen LogP contribution in [0, 0.1) is 5.41 Å². The first-order valence-electron chi connectivity index (χ1n) is 9.76. The monoisotopic (exact) mass is 410 g/mol. The van der Waals surface area contributed by atoms with Crippen molar-refractivity contribution in [1.82, 2.24) is 0 Å². The van der Waals surface area contributed by atoms with Crippen LogP contribution < -0.4 is 0 Å². The Morgan fingerprint density at radius 2 is 1.76 bits per heavy atom. The van der Waals surface area contributed by atoms with Gasteiger partial charge in [0.05, 0.1) is 10.8 Å². The Morgan fingerprint density at radius 1 is 1.03 bits per heavy atom. The minimum Gasteiger partial charge on any atom is -0.481 e. The van der Waals surface area contributed by atoms with Crippen LogP contribution in [0.3, 0.4) is 0 Å². The number of carboxylic acid groups (broad SMARTS) is 2. The summed E-state index contributed by atoms with van der Waals surface area (Å²) < 4.78 is 0. The lowest BCUT2D eigenvalue weighted by molar-refractivity contribution is -0.151. The van der Waals surface area contributed by atoms with Crippen molar-refractivity contribution in [1.29, 1.82) is 0 Å². The average molecular weight is 411 g/mol. The molecule has 0 saturated carbocycles. The first-order valence-corrected chi connectivity index (χ1v) is 10.7. The molecule has 4 nitrogen and oxygen atoms in total. The van der Waals surface area contributed by atoms with Crippen LogP contribution in [0.15, 0.2) is 65.6 Å². The van der Waals surface area contributed by atoms with Crippen molar-refractivity contribution in [3.63, 3.8) is 0 Å². The molecule has 0 heterocycles. The van der Waals surface area contributed by atoms with Crippen molar-refractivity contribution in [2.75, 3.05) is 0 Å². The molecule has 2 atom stereocenters. The molecule has 2 unspecified atom stereocenters. The molecule has 29 heavy (non-hydrogen) atoms. The molecule has 0 radical (unpaired) electrons. The predicted molar refractivity (Wildman–Crippen MR) is 115 cm³/mol. The van der Waals surface area contributed by atoms with Gasteiger partial charge in [0.1, 0.15) is 0 Å². The van der Waals surface area contributed by atoms with E-state index in [-0.39, 0.29) is 6.42 Å². The van der Waals surface area contributed by atoms with Crippen LogP contribution in [-0.4, -0.2) is 22.2 Å². The molecule has 1 aliphatic rings. The van der Waals surface area contributed by atoms with E-state index < -0.39 is 22.8 Å². The van der Waals surface area contributed by atoms with Gasteiger partial charge >= 0.3 is 11.9 Å². The number of allylic oxidation sites excluding steroid dienone is 1. The second kappa shape index (κ2) is 8.46. The number of aliphatic carboxylic acids is 2. The summed E-state index contributed by atoms with van der Waals surface area (Å²) in [6.45, 7) is 3.62. The molecular weight excluding hydrogens is 384 g/mol. The van der Waals surface area contributed by atoms with Gasteiger partial charge in [0, 0.05) is 10.6 Å². The van der Waals surface area contributed by atoms with Crippen molar-refractivity contribution < 1.29 is 19.8 Å². The van der Waals surface area contributed by atoms with Crippen molar-refractivity contribution in [2.45, 2.75) is 49.2 Å². The Balaban J connectivity index is 2.03. The molecule has 0 spiro atoms. The van der Waals surface area contributed by atoms with Gasteiger partial charge in [-0.2, -0.15) is 0 Å². The smallest absolute Gasteiger partial charge is 0.314 e. The number of hydrogen-bond acceptors (Lipinski definition) is 3. The zero-order chi connectivity index (χ0) is 21.1. The Bertz CT molecular complexity index is 937. The molecule has 0 saturated heterocycles. The summed E-state index contributed by atoms with van der Waals surface area (Å²) in [5.41, 5.74) is 0.504. The standard InChI is InChI=1S/C24H26O4S/c1-3-18-19(11-7-12-20(18)29-15-17-9-5-4-6-10-17)24(22(27)28)14-8-13-23(2,16-24)21(25)26/h4-13H,3,14-16H2,1-2H3,(H,25,26)(H,27,28). The summed E-state index contributed by atoms with van der Waals surface area (Å²) in [5, 5.41) is 19.9. The Kier molecular flexibility index (Phi) is 6.18. The minimum absolute atomic E-state index is 0.0426. The largest absolute Gasteiger partial charge is 0.481 e. The van der Waals surface area contributed by atoms with Crippen LogP contribution in [0.1, 0.15) is 43.4 Å². The van der Waals surface area contributed by atoms with Crippen molar-refractivity contribution >= 4 is 23.7 Å². The fourth-order valence-electron chi connectivity index (χ4n) is 4.16. The topological polar surface area (TPSA) is 74.6 Å². The lowest BCUT2D eigenvalue weighted by Crippen LogP contribution is -2.45. The maximum atomic E-state index is 12.5. The van der Waals surface area contributed by atoms with Crippen LogP contribution in [0.4, 0.5) is 0 Å². The lowest BCUT2D eigenvalue weighted by atomic mass is 9.62. The average Bonchev–Trinajstić information content (AvgIpc) is 2.72.